The van der Waals surface area contributed by atoms with Crippen LogP contribution < -0.4 is 0 Å². The summed E-state index contributed by atoms with van der Waals surface area (Å²) in [5.41, 5.74) is 1.37. The summed E-state index contributed by atoms with van der Waals surface area (Å²) in [7, 11) is -5.39. The van der Waals surface area contributed by atoms with Gasteiger partial charge in [0.25, 0.3) is 0 Å². The summed E-state index contributed by atoms with van der Waals surface area (Å²) in [6.07, 6.45) is 0.644. The van der Waals surface area contributed by atoms with Crippen LogP contribution >= 0.6 is 0 Å². The number of hydrogen-bond donors (Lipinski definition) is 0. The second-order valence-electron chi connectivity index (χ2n) is 7.43. The SMILES string of the molecule is Cc1ccc([C@@H](O[Si](C)(C)C(C)(C)C)[C@H](C)S(C)(=O)=O)nn1. The van der Waals surface area contributed by atoms with Crippen LogP contribution in [0.4, 0.5) is 0 Å². The van der Waals surface area contributed by atoms with E-state index in [-0.39, 0.29) is 5.04 Å². The van der Waals surface area contributed by atoms with Gasteiger partial charge in [-0.3, -0.25) is 0 Å². The zero-order valence-corrected chi connectivity index (χ0v) is 16.7. The summed E-state index contributed by atoms with van der Waals surface area (Å²) in [5, 5.41) is 7.53. The molecule has 1 aromatic rings. The van der Waals surface area contributed by atoms with Gasteiger partial charge in [-0.25, -0.2) is 8.42 Å². The summed E-state index contributed by atoms with van der Waals surface area (Å²) in [4.78, 5) is 0. The van der Waals surface area contributed by atoms with Crippen LogP contribution in [0.15, 0.2) is 12.1 Å². The van der Waals surface area contributed by atoms with Crippen molar-refractivity contribution in [2.45, 2.75) is 64.1 Å². The van der Waals surface area contributed by atoms with Crippen molar-refractivity contribution in [3.8, 4) is 0 Å². The molecule has 0 aliphatic heterocycles. The zero-order valence-electron chi connectivity index (χ0n) is 14.8. The molecule has 126 valence electrons. The van der Waals surface area contributed by atoms with Crippen LogP contribution in [0.1, 0.15) is 45.2 Å². The molecule has 0 aliphatic rings. The molecule has 0 spiro atoms. The largest absolute Gasteiger partial charge is 0.407 e. The van der Waals surface area contributed by atoms with E-state index in [1.54, 1.807) is 6.92 Å². The van der Waals surface area contributed by atoms with Crippen molar-refractivity contribution in [3.63, 3.8) is 0 Å². The Hall–Kier alpha value is -0.793. The van der Waals surface area contributed by atoms with Crippen molar-refractivity contribution in [3.05, 3.63) is 23.5 Å². The minimum Gasteiger partial charge on any atom is -0.407 e. The minimum atomic E-state index is -3.25. The van der Waals surface area contributed by atoms with Gasteiger partial charge in [0.1, 0.15) is 6.10 Å². The molecule has 0 amide bonds. The van der Waals surface area contributed by atoms with Crippen molar-refractivity contribution >= 4 is 18.2 Å². The Labute approximate surface area is 135 Å². The van der Waals surface area contributed by atoms with Gasteiger partial charge in [-0.15, -0.1) is 0 Å². The third kappa shape index (κ3) is 4.60. The molecular formula is C15H28N2O3SSi. The number of sulfone groups is 1. The average molecular weight is 345 g/mol. The lowest BCUT2D eigenvalue weighted by Crippen LogP contribution is -2.44. The third-order valence-electron chi connectivity index (χ3n) is 4.44. The monoisotopic (exact) mass is 344 g/mol. The van der Waals surface area contributed by atoms with E-state index in [2.05, 4.69) is 44.1 Å². The minimum absolute atomic E-state index is 0.0133. The zero-order chi connectivity index (χ0) is 17.3. The molecule has 7 heteroatoms. The lowest BCUT2D eigenvalue weighted by Gasteiger charge is -2.40. The third-order valence-corrected chi connectivity index (χ3v) is 10.5. The molecule has 1 rings (SSSR count). The summed E-state index contributed by atoms with van der Waals surface area (Å²) >= 11 is 0. The summed E-state index contributed by atoms with van der Waals surface area (Å²) < 4.78 is 30.4. The number of aryl methyl sites for hydroxylation is 1. The van der Waals surface area contributed by atoms with E-state index in [1.807, 2.05) is 19.1 Å². The molecule has 0 aromatic carbocycles. The van der Waals surface area contributed by atoms with E-state index in [4.69, 9.17) is 4.43 Å². The summed E-state index contributed by atoms with van der Waals surface area (Å²) in [5.74, 6) is 0. The maximum Gasteiger partial charge on any atom is 0.193 e. The van der Waals surface area contributed by atoms with Gasteiger partial charge in [0.2, 0.25) is 0 Å². The lowest BCUT2D eigenvalue weighted by molar-refractivity contribution is 0.176. The Morgan fingerprint density at radius 2 is 1.73 bits per heavy atom. The number of rotatable bonds is 5. The molecule has 0 bridgehead atoms. The Balaban J connectivity index is 3.27. The molecule has 2 atom stereocenters. The van der Waals surface area contributed by atoms with Crippen molar-refractivity contribution in [1.29, 1.82) is 0 Å². The Bertz CT molecular complexity index is 607. The average Bonchev–Trinajstić information content (AvgIpc) is 2.34. The molecule has 5 nitrogen and oxygen atoms in total. The smallest absolute Gasteiger partial charge is 0.193 e. The highest BCUT2D eigenvalue weighted by atomic mass is 32.2. The number of hydrogen-bond acceptors (Lipinski definition) is 5. The summed E-state index contributed by atoms with van der Waals surface area (Å²) in [6.45, 7) is 14.1. The number of nitrogens with zero attached hydrogens (tertiary/aromatic N) is 2. The Morgan fingerprint density at radius 1 is 1.18 bits per heavy atom. The first-order chi connectivity index (χ1) is 9.75. The van der Waals surface area contributed by atoms with Gasteiger partial charge in [-0.1, -0.05) is 20.8 Å². The highest BCUT2D eigenvalue weighted by Crippen LogP contribution is 2.41. The van der Waals surface area contributed by atoms with E-state index >= 15 is 0 Å². The molecule has 1 aromatic heterocycles. The standard InChI is InChI=1S/C15H28N2O3SSi/c1-11-9-10-13(17-16-11)14(12(2)21(6,18)19)20-22(7,8)15(3,4)5/h9-10,12,14H,1-8H3/t12-,14-/m0/s1. The van der Waals surface area contributed by atoms with Gasteiger partial charge in [-0.2, -0.15) is 10.2 Å². The first-order valence-electron chi connectivity index (χ1n) is 7.42. The first-order valence-corrected chi connectivity index (χ1v) is 12.3. The molecule has 22 heavy (non-hydrogen) atoms. The normalized spacial score (nSPS) is 16.4. The predicted octanol–water partition coefficient (Wildman–Crippen LogP) is 3.28. The fourth-order valence-electron chi connectivity index (χ4n) is 1.68. The molecular weight excluding hydrogens is 316 g/mol. The van der Waals surface area contributed by atoms with Gasteiger partial charge in [-0.05, 0) is 44.1 Å². The van der Waals surface area contributed by atoms with Gasteiger partial charge in [0, 0.05) is 6.26 Å². The molecule has 0 saturated carbocycles. The maximum absolute atomic E-state index is 12.0. The molecule has 0 N–H and O–H groups in total. The predicted molar refractivity (Wildman–Crippen MR) is 92.1 cm³/mol. The van der Waals surface area contributed by atoms with E-state index in [0.717, 1.165) is 5.69 Å². The lowest BCUT2D eigenvalue weighted by atomic mass is 10.2. The van der Waals surface area contributed by atoms with Crippen molar-refractivity contribution < 1.29 is 12.8 Å². The topological polar surface area (TPSA) is 69.2 Å². The van der Waals surface area contributed by atoms with Crippen LogP contribution in [-0.2, 0) is 14.3 Å². The van der Waals surface area contributed by atoms with Gasteiger partial charge in [0.05, 0.1) is 16.6 Å². The quantitative estimate of drug-likeness (QED) is 0.767. The van der Waals surface area contributed by atoms with Gasteiger partial charge >= 0.3 is 0 Å². The fraction of sp³-hybridized carbons (Fsp3) is 0.733. The highest BCUT2D eigenvalue weighted by molar-refractivity contribution is 7.91. The van der Waals surface area contributed by atoms with E-state index in [9.17, 15) is 8.42 Å². The maximum atomic E-state index is 12.0. The fourth-order valence-corrected chi connectivity index (χ4v) is 3.73. The second-order valence-corrected chi connectivity index (χ2v) is 14.6. The first kappa shape index (κ1) is 19.3. The Morgan fingerprint density at radius 3 is 2.09 bits per heavy atom. The molecule has 1 heterocycles. The van der Waals surface area contributed by atoms with Crippen molar-refractivity contribution in [2.24, 2.45) is 0 Å². The summed E-state index contributed by atoms with van der Waals surface area (Å²) in [6, 6.07) is 3.64. The van der Waals surface area contributed by atoms with Crippen LogP contribution in [0.2, 0.25) is 18.1 Å². The van der Waals surface area contributed by atoms with Crippen LogP contribution in [0.25, 0.3) is 0 Å². The molecule has 0 saturated heterocycles. The molecule has 0 fully saturated rings. The molecule has 0 radical (unpaired) electrons. The van der Waals surface area contributed by atoms with Crippen molar-refractivity contribution in [2.75, 3.05) is 6.26 Å². The highest BCUT2D eigenvalue weighted by Gasteiger charge is 2.42. The molecule has 0 unspecified atom stereocenters. The van der Waals surface area contributed by atoms with Gasteiger partial charge in [0.15, 0.2) is 18.2 Å². The van der Waals surface area contributed by atoms with Crippen molar-refractivity contribution in [1.82, 2.24) is 10.2 Å². The van der Waals surface area contributed by atoms with Crippen LogP contribution in [0, 0.1) is 6.92 Å². The number of aromatic nitrogens is 2. The molecule has 0 aliphatic carbocycles. The van der Waals surface area contributed by atoms with Crippen LogP contribution in [0.5, 0.6) is 0 Å². The Kier molecular flexibility index (Phi) is 5.58. The second kappa shape index (κ2) is 6.37. The van der Waals surface area contributed by atoms with E-state index in [0.29, 0.717) is 5.69 Å². The van der Waals surface area contributed by atoms with Gasteiger partial charge < -0.3 is 4.43 Å². The van der Waals surface area contributed by atoms with Crippen LogP contribution in [0.3, 0.4) is 0 Å². The van der Waals surface area contributed by atoms with E-state index < -0.39 is 29.5 Å². The van der Waals surface area contributed by atoms with Crippen LogP contribution in [-0.4, -0.2) is 38.4 Å². The van der Waals surface area contributed by atoms with E-state index in [1.165, 1.54) is 6.26 Å².